The fourth-order valence-corrected chi connectivity index (χ4v) is 3.48. The van der Waals surface area contributed by atoms with Crippen LogP contribution in [0.25, 0.3) is 0 Å². The lowest BCUT2D eigenvalue weighted by molar-refractivity contribution is -0.137. The Morgan fingerprint density at radius 3 is 2.83 bits per heavy atom. The van der Waals surface area contributed by atoms with Crippen LogP contribution in [0.3, 0.4) is 0 Å². The number of nitrogens with one attached hydrogen (secondary N) is 2. The van der Waals surface area contributed by atoms with Gasteiger partial charge in [0.1, 0.15) is 5.82 Å². The van der Waals surface area contributed by atoms with Gasteiger partial charge in [-0.25, -0.2) is 4.98 Å². The molecule has 2 aliphatic rings. The summed E-state index contributed by atoms with van der Waals surface area (Å²) in [7, 11) is 1.71. The molecule has 2 heterocycles. The van der Waals surface area contributed by atoms with Gasteiger partial charge in [-0.15, -0.1) is 0 Å². The van der Waals surface area contributed by atoms with E-state index in [4.69, 9.17) is 16.3 Å². The Hall–Kier alpha value is -1.74. The lowest BCUT2D eigenvalue weighted by Gasteiger charge is -2.21. The maximum Gasteiger partial charge on any atom is 0.417 e. The number of anilines is 1. The van der Waals surface area contributed by atoms with E-state index in [0.29, 0.717) is 24.9 Å². The van der Waals surface area contributed by atoms with E-state index in [0.717, 1.165) is 50.8 Å². The zero-order valence-electron chi connectivity index (χ0n) is 16.4. The Labute approximate surface area is 173 Å². The van der Waals surface area contributed by atoms with Crippen LogP contribution < -0.4 is 15.5 Å². The molecule has 1 saturated heterocycles. The molecule has 3 rings (SSSR count). The molecule has 2 fully saturated rings. The van der Waals surface area contributed by atoms with Crippen molar-refractivity contribution >= 4 is 23.4 Å². The van der Waals surface area contributed by atoms with Gasteiger partial charge in [0, 0.05) is 52.1 Å². The summed E-state index contributed by atoms with van der Waals surface area (Å²) in [5, 5.41) is 6.62. The van der Waals surface area contributed by atoms with Crippen molar-refractivity contribution in [3.63, 3.8) is 0 Å². The molecule has 2 N–H and O–H groups in total. The van der Waals surface area contributed by atoms with Crippen molar-refractivity contribution < 1.29 is 17.9 Å². The summed E-state index contributed by atoms with van der Waals surface area (Å²) in [5.41, 5.74) is -0.842. The highest BCUT2D eigenvalue weighted by Gasteiger charge is 2.33. The molecule has 1 saturated carbocycles. The number of ether oxygens (including phenoxy) is 1. The van der Waals surface area contributed by atoms with Gasteiger partial charge in [-0.05, 0) is 37.7 Å². The van der Waals surface area contributed by atoms with Gasteiger partial charge in [0.2, 0.25) is 0 Å². The molecule has 0 spiro atoms. The number of guanidine groups is 1. The minimum absolute atomic E-state index is 0.00850. The molecule has 1 aromatic rings. The number of pyridine rings is 1. The number of hydrogen-bond acceptors (Lipinski definition) is 4. The van der Waals surface area contributed by atoms with E-state index in [1.165, 1.54) is 12.8 Å². The van der Waals surface area contributed by atoms with Gasteiger partial charge < -0.3 is 20.3 Å². The van der Waals surface area contributed by atoms with E-state index in [9.17, 15) is 13.2 Å². The summed E-state index contributed by atoms with van der Waals surface area (Å²) >= 11 is 6.06. The third-order valence-corrected chi connectivity index (χ3v) is 5.29. The molecule has 0 radical (unpaired) electrons. The Morgan fingerprint density at radius 2 is 2.17 bits per heavy atom. The molecule has 0 aromatic carbocycles. The molecule has 1 unspecified atom stereocenters. The molecule has 1 aliphatic heterocycles. The second-order valence-corrected chi connectivity index (χ2v) is 7.88. The van der Waals surface area contributed by atoms with Crippen molar-refractivity contribution in [3.05, 3.63) is 22.8 Å². The van der Waals surface area contributed by atoms with E-state index in [2.05, 4.69) is 20.6 Å². The molecule has 162 valence electrons. The minimum atomic E-state index is -4.45. The van der Waals surface area contributed by atoms with Crippen LogP contribution in [-0.4, -0.2) is 56.9 Å². The number of nitrogens with zero attached hydrogens (tertiary/aromatic N) is 3. The third-order valence-electron chi connectivity index (χ3n) is 5.01. The Balaban J connectivity index is 1.42. The quantitative estimate of drug-likeness (QED) is 0.374. The summed E-state index contributed by atoms with van der Waals surface area (Å²) in [4.78, 5) is 10.1. The predicted molar refractivity (Wildman–Crippen MR) is 108 cm³/mol. The topological polar surface area (TPSA) is 61.8 Å². The zero-order chi connectivity index (χ0) is 20.9. The zero-order valence-corrected chi connectivity index (χ0v) is 17.2. The minimum Gasteiger partial charge on any atom is -0.381 e. The highest BCUT2D eigenvalue weighted by atomic mass is 35.5. The van der Waals surface area contributed by atoms with Crippen LogP contribution in [0.4, 0.5) is 19.0 Å². The highest BCUT2D eigenvalue weighted by molar-refractivity contribution is 6.33. The Bertz CT molecular complexity index is 712. The van der Waals surface area contributed by atoms with Crippen LogP contribution in [0.1, 0.15) is 31.2 Å². The normalized spacial score (nSPS) is 20.2. The largest absolute Gasteiger partial charge is 0.417 e. The van der Waals surface area contributed by atoms with Gasteiger partial charge in [-0.3, -0.25) is 4.99 Å². The number of aliphatic imine (C=N–C) groups is 1. The molecule has 10 heteroatoms. The van der Waals surface area contributed by atoms with Crippen LogP contribution in [0, 0.1) is 5.92 Å². The van der Waals surface area contributed by atoms with Gasteiger partial charge in [-0.1, -0.05) is 11.6 Å². The average molecular weight is 434 g/mol. The molecule has 0 bridgehead atoms. The first kappa shape index (κ1) is 22.0. The number of alkyl halides is 3. The van der Waals surface area contributed by atoms with Crippen molar-refractivity contribution in [1.29, 1.82) is 0 Å². The lowest BCUT2D eigenvalue weighted by atomic mass is 10.2. The molecule has 1 aliphatic carbocycles. The molecule has 6 nitrogen and oxygen atoms in total. The summed E-state index contributed by atoms with van der Waals surface area (Å²) in [6.45, 7) is 3.60. The third kappa shape index (κ3) is 6.64. The van der Waals surface area contributed by atoms with E-state index in [1.54, 1.807) is 7.05 Å². The van der Waals surface area contributed by atoms with Crippen molar-refractivity contribution in [2.45, 2.75) is 37.9 Å². The molecule has 29 heavy (non-hydrogen) atoms. The van der Waals surface area contributed by atoms with E-state index in [1.807, 2.05) is 4.90 Å². The maximum atomic E-state index is 12.8. The first-order valence-electron chi connectivity index (χ1n) is 9.89. The van der Waals surface area contributed by atoms with Crippen LogP contribution in [0.5, 0.6) is 0 Å². The first-order valence-corrected chi connectivity index (χ1v) is 10.3. The number of rotatable bonds is 8. The van der Waals surface area contributed by atoms with Crippen molar-refractivity contribution in [2.75, 3.05) is 44.8 Å². The van der Waals surface area contributed by atoms with Gasteiger partial charge in [0.05, 0.1) is 10.6 Å². The smallest absolute Gasteiger partial charge is 0.381 e. The Kier molecular flexibility index (Phi) is 7.45. The van der Waals surface area contributed by atoms with Crippen LogP contribution in [0.2, 0.25) is 5.02 Å². The van der Waals surface area contributed by atoms with Crippen LogP contribution >= 0.6 is 11.6 Å². The van der Waals surface area contributed by atoms with Gasteiger partial charge in [0.25, 0.3) is 0 Å². The first-order chi connectivity index (χ1) is 13.9. The second kappa shape index (κ2) is 9.84. The molecule has 1 aromatic heterocycles. The highest BCUT2D eigenvalue weighted by Crippen LogP contribution is 2.34. The van der Waals surface area contributed by atoms with Crippen molar-refractivity contribution in [2.24, 2.45) is 10.9 Å². The van der Waals surface area contributed by atoms with Gasteiger partial charge >= 0.3 is 6.18 Å². The number of halogens is 4. The van der Waals surface area contributed by atoms with Crippen LogP contribution in [-0.2, 0) is 10.9 Å². The SMILES string of the molecule is CN=C(NCCCOCC1CC1)NC1CCN(c2ncc(C(F)(F)F)cc2Cl)C1. The Morgan fingerprint density at radius 1 is 1.38 bits per heavy atom. The average Bonchev–Trinajstić information content (AvgIpc) is 3.39. The second-order valence-electron chi connectivity index (χ2n) is 7.47. The monoisotopic (exact) mass is 433 g/mol. The standard InChI is InChI=1S/C19H27ClF3N5O/c1-24-18(25-6-2-8-29-12-13-3-4-13)27-15-5-7-28(11-15)17-16(20)9-14(10-26-17)19(21,22)23/h9-10,13,15H,2-8,11-12H2,1H3,(H2,24,25,27). The number of hydrogen-bond donors (Lipinski definition) is 2. The van der Waals surface area contributed by atoms with Crippen LogP contribution in [0.15, 0.2) is 17.3 Å². The molecular weight excluding hydrogens is 407 g/mol. The van der Waals surface area contributed by atoms with Gasteiger partial charge in [0.15, 0.2) is 5.96 Å². The summed E-state index contributed by atoms with van der Waals surface area (Å²) < 4.78 is 44.0. The van der Waals surface area contributed by atoms with E-state index >= 15 is 0 Å². The predicted octanol–water partition coefficient (Wildman–Crippen LogP) is 3.31. The number of aromatic nitrogens is 1. The van der Waals surface area contributed by atoms with Crippen molar-refractivity contribution in [3.8, 4) is 0 Å². The summed E-state index contributed by atoms with van der Waals surface area (Å²) in [5.74, 6) is 1.85. The fraction of sp³-hybridized carbons (Fsp3) is 0.684. The van der Waals surface area contributed by atoms with E-state index < -0.39 is 11.7 Å². The van der Waals surface area contributed by atoms with Gasteiger partial charge in [-0.2, -0.15) is 13.2 Å². The van der Waals surface area contributed by atoms with Crippen molar-refractivity contribution in [1.82, 2.24) is 15.6 Å². The summed E-state index contributed by atoms with van der Waals surface area (Å²) in [6, 6.07) is 1.03. The van der Waals surface area contributed by atoms with E-state index in [-0.39, 0.29) is 11.1 Å². The summed E-state index contributed by atoms with van der Waals surface area (Å²) in [6.07, 6.45) is 0.666. The lowest BCUT2D eigenvalue weighted by Crippen LogP contribution is -2.45. The fourth-order valence-electron chi connectivity index (χ4n) is 3.19. The molecule has 0 amide bonds. The molecule has 1 atom stereocenters. The maximum absolute atomic E-state index is 12.8. The molecular formula is C19H27ClF3N5O.